The third kappa shape index (κ3) is 5.25. The topological polar surface area (TPSA) is 51.7 Å². The van der Waals surface area contributed by atoms with Gasteiger partial charge >= 0.3 is 6.09 Å². The van der Waals surface area contributed by atoms with Crippen LogP contribution >= 0.6 is 50.2 Å². The molecule has 166 valence electrons. The molecule has 1 saturated heterocycles. The minimum absolute atomic E-state index is 0.347. The lowest BCUT2D eigenvalue weighted by molar-refractivity contribution is 0.0578. The monoisotopic (exact) mass is 542 g/mol. The van der Waals surface area contributed by atoms with Crippen molar-refractivity contribution in [1.82, 2.24) is 4.98 Å². The zero-order valence-corrected chi connectivity index (χ0v) is 21.6. The van der Waals surface area contributed by atoms with Crippen molar-refractivity contribution in [2.45, 2.75) is 51.7 Å². The van der Waals surface area contributed by atoms with Crippen molar-refractivity contribution in [1.29, 1.82) is 0 Å². The van der Waals surface area contributed by atoms with Crippen LogP contribution in [0, 0.1) is 0 Å². The molecule has 9 heteroatoms. The second kappa shape index (κ2) is 9.35. The summed E-state index contributed by atoms with van der Waals surface area (Å²) in [5.41, 5.74) is 0.902. The highest BCUT2D eigenvalue weighted by Gasteiger charge is 2.29. The molecule has 3 aromatic heterocycles. The largest absolute Gasteiger partial charge is 0.443 e. The molecule has 0 spiro atoms. The number of amides is 1. The van der Waals surface area contributed by atoms with Gasteiger partial charge in [-0.1, -0.05) is 17.7 Å². The fourth-order valence-electron chi connectivity index (χ4n) is 3.56. The Labute approximate surface area is 203 Å². The molecule has 31 heavy (non-hydrogen) atoms. The Bertz CT molecular complexity index is 1070. The minimum Gasteiger partial charge on any atom is -0.443 e. The van der Waals surface area contributed by atoms with Crippen LogP contribution in [0.2, 0.25) is 5.15 Å². The van der Waals surface area contributed by atoms with Crippen molar-refractivity contribution >= 4 is 72.2 Å². The summed E-state index contributed by atoms with van der Waals surface area (Å²) in [6, 6.07) is 5.76. The van der Waals surface area contributed by atoms with E-state index in [0.29, 0.717) is 17.6 Å². The lowest BCUT2D eigenvalue weighted by Gasteiger charge is -2.27. The van der Waals surface area contributed by atoms with Crippen molar-refractivity contribution < 1.29 is 14.3 Å². The van der Waals surface area contributed by atoms with Crippen molar-refractivity contribution in [2.75, 3.05) is 18.1 Å². The molecule has 1 aliphatic heterocycles. The lowest BCUT2D eigenvalue weighted by Crippen LogP contribution is -2.36. The fraction of sp³-hybridized carbons (Fsp3) is 0.455. The molecule has 3 aromatic rings. The fourth-order valence-corrected chi connectivity index (χ4v) is 6.75. The lowest BCUT2D eigenvalue weighted by atomic mass is 9.98. The normalized spacial score (nSPS) is 15.4. The summed E-state index contributed by atoms with van der Waals surface area (Å²) in [6.07, 6.45) is 1.54. The van der Waals surface area contributed by atoms with Gasteiger partial charge in [0.25, 0.3) is 0 Å². The van der Waals surface area contributed by atoms with E-state index < -0.39 is 11.7 Å². The van der Waals surface area contributed by atoms with Crippen LogP contribution in [-0.2, 0) is 16.0 Å². The molecule has 0 saturated carbocycles. The molecule has 4 heterocycles. The number of hydrogen-bond donors (Lipinski definition) is 0. The molecule has 1 fully saturated rings. The Morgan fingerprint density at radius 1 is 1.39 bits per heavy atom. The quantitative estimate of drug-likeness (QED) is 0.318. The van der Waals surface area contributed by atoms with Crippen LogP contribution in [0.25, 0.3) is 10.2 Å². The third-order valence-corrected chi connectivity index (χ3v) is 8.43. The number of thiophene rings is 2. The summed E-state index contributed by atoms with van der Waals surface area (Å²) < 4.78 is 13.2. The first kappa shape index (κ1) is 23.0. The molecule has 0 atom stereocenters. The summed E-state index contributed by atoms with van der Waals surface area (Å²) in [5.74, 6) is 0.404. The van der Waals surface area contributed by atoms with Gasteiger partial charge in [-0.25, -0.2) is 9.78 Å². The Kier molecular flexibility index (Phi) is 6.93. The standard InChI is InChI=1S/C22H24BrClN2O3S2/c1-22(2,3)29-21(27)26(12-14-5-4-10-30-14)15-11-16(24)25-18-17(23)19(31-20(15)18)13-6-8-28-9-7-13/h4-5,10-11,13H,6-9,12H2,1-3H3. The molecule has 1 aliphatic rings. The number of hydrogen-bond acceptors (Lipinski definition) is 6. The van der Waals surface area contributed by atoms with Crippen molar-refractivity contribution in [3.63, 3.8) is 0 Å². The Hall–Kier alpha value is -1.19. The number of anilines is 1. The first-order valence-electron chi connectivity index (χ1n) is 10.1. The second-order valence-electron chi connectivity index (χ2n) is 8.45. The Balaban J connectivity index is 1.82. The zero-order chi connectivity index (χ0) is 22.2. The Morgan fingerprint density at radius 2 is 2.13 bits per heavy atom. The number of halogens is 2. The first-order valence-corrected chi connectivity index (χ1v) is 13.0. The highest BCUT2D eigenvalue weighted by atomic mass is 79.9. The van der Waals surface area contributed by atoms with Gasteiger partial charge in [-0.15, -0.1) is 22.7 Å². The molecule has 0 bridgehead atoms. The number of aromatic nitrogens is 1. The van der Waals surface area contributed by atoms with Crippen LogP contribution in [0.1, 0.15) is 49.3 Å². The van der Waals surface area contributed by atoms with Gasteiger partial charge in [0.15, 0.2) is 0 Å². The third-order valence-electron chi connectivity index (χ3n) is 4.95. The molecule has 0 N–H and O–H groups in total. The van der Waals surface area contributed by atoms with Crippen LogP contribution in [-0.4, -0.2) is 29.9 Å². The van der Waals surface area contributed by atoms with E-state index in [4.69, 9.17) is 21.1 Å². The number of fused-ring (bicyclic) bond motifs is 1. The predicted molar refractivity (Wildman–Crippen MR) is 132 cm³/mol. The number of rotatable bonds is 4. The van der Waals surface area contributed by atoms with Crippen molar-refractivity contribution in [3.05, 3.63) is 43.0 Å². The SMILES string of the molecule is CC(C)(C)OC(=O)N(Cc1cccs1)c1cc(Cl)nc2c(Br)c(C3CCOCC3)sc12. The van der Waals surface area contributed by atoms with Crippen molar-refractivity contribution in [3.8, 4) is 0 Å². The highest BCUT2D eigenvalue weighted by molar-refractivity contribution is 9.10. The number of ether oxygens (including phenoxy) is 2. The van der Waals surface area contributed by atoms with Gasteiger partial charge in [0.05, 0.1) is 26.9 Å². The molecular formula is C22H24BrClN2O3S2. The number of nitrogens with zero attached hydrogens (tertiary/aromatic N) is 2. The molecule has 0 aromatic carbocycles. The Morgan fingerprint density at radius 3 is 2.77 bits per heavy atom. The van der Waals surface area contributed by atoms with E-state index in [1.165, 1.54) is 4.88 Å². The van der Waals surface area contributed by atoms with Crippen LogP contribution < -0.4 is 4.90 Å². The van der Waals surface area contributed by atoms with Gasteiger partial charge in [0.2, 0.25) is 0 Å². The maximum Gasteiger partial charge on any atom is 0.415 e. The van der Waals surface area contributed by atoms with Gasteiger partial charge in [-0.05, 0) is 66.9 Å². The number of carbonyl (C=O) groups excluding carboxylic acids is 1. The van der Waals surface area contributed by atoms with Gasteiger partial charge in [-0.2, -0.15) is 0 Å². The average molecular weight is 544 g/mol. The van der Waals surface area contributed by atoms with Gasteiger partial charge in [0, 0.05) is 29.0 Å². The average Bonchev–Trinajstić information content (AvgIpc) is 3.33. The maximum absolute atomic E-state index is 13.3. The van der Waals surface area contributed by atoms with E-state index in [1.54, 1.807) is 33.6 Å². The minimum atomic E-state index is -0.607. The number of pyridine rings is 1. The molecule has 4 rings (SSSR count). The molecule has 0 aliphatic carbocycles. The molecular weight excluding hydrogens is 520 g/mol. The maximum atomic E-state index is 13.3. The summed E-state index contributed by atoms with van der Waals surface area (Å²) >= 11 is 13.5. The summed E-state index contributed by atoms with van der Waals surface area (Å²) in [6.45, 7) is 7.53. The van der Waals surface area contributed by atoms with Gasteiger partial charge in [-0.3, -0.25) is 4.90 Å². The predicted octanol–water partition coefficient (Wildman–Crippen LogP) is 7.61. The second-order valence-corrected chi connectivity index (χ2v) is 11.7. The summed E-state index contributed by atoms with van der Waals surface area (Å²) in [7, 11) is 0. The van der Waals surface area contributed by atoms with Crippen LogP contribution in [0.3, 0.4) is 0 Å². The van der Waals surface area contributed by atoms with E-state index in [0.717, 1.165) is 51.3 Å². The molecule has 5 nitrogen and oxygen atoms in total. The van der Waals surface area contributed by atoms with Crippen molar-refractivity contribution in [2.24, 2.45) is 0 Å². The summed E-state index contributed by atoms with van der Waals surface area (Å²) in [4.78, 5) is 21.8. The van der Waals surface area contributed by atoms with Crippen LogP contribution in [0.4, 0.5) is 10.5 Å². The first-order chi connectivity index (χ1) is 14.7. The molecule has 0 radical (unpaired) electrons. The smallest absolute Gasteiger partial charge is 0.415 e. The van der Waals surface area contributed by atoms with Gasteiger partial charge in [0.1, 0.15) is 10.8 Å². The molecule has 0 unspecified atom stereocenters. The van der Waals surface area contributed by atoms with E-state index in [9.17, 15) is 4.79 Å². The number of carbonyl (C=O) groups is 1. The van der Waals surface area contributed by atoms with Crippen LogP contribution in [0.5, 0.6) is 0 Å². The van der Waals surface area contributed by atoms with Crippen LogP contribution in [0.15, 0.2) is 28.1 Å². The summed E-state index contributed by atoms with van der Waals surface area (Å²) in [5, 5.41) is 2.35. The highest BCUT2D eigenvalue weighted by Crippen LogP contribution is 2.46. The zero-order valence-electron chi connectivity index (χ0n) is 17.6. The van der Waals surface area contributed by atoms with E-state index in [2.05, 4.69) is 20.9 Å². The van der Waals surface area contributed by atoms with E-state index in [1.807, 2.05) is 38.3 Å². The molecule has 1 amide bonds. The van der Waals surface area contributed by atoms with E-state index in [-0.39, 0.29) is 0 Å². The van der Waals surface area contributed by atoms with E-state index >= 15 is 0 Å². The van der Waals surface area contributed by atoms with Gasteiger partial charge < -0.3 is 9.47 Å².